The van der Waals surface area contributed by atoms with E-state index in [0.29, 0.717) is 23.8 Å². The first-order valence-corrected chi connectivity index (χ1v) is 9.64. The van der Waals surface area contributed by atoms with Crippen LogP contribution in [0, 0.1) is 0 Å². The van der Waals surface area contributed by atoms with E-state index in [-0.39, 0.29) is 0 Å². The molecule has 0 saturated carbocycles. The van der Waals surface area contributed by atoms with E-state index in [1.165, 1.54) is 11.1 Å². The fourth-order valence-corrected chi connectivity index (χ4v) is 3.86. The number of primary amides is 1. The Morgan fingerprint density at radius 3 is 2.76 bits per heavy atom. The van der Waals surface area contributed by atoms with Gasteiger partial charge in [0.25, 0.3) is 5.91 Å². The van der Waals surface area contributed by atoms with Crippen LogP contribution < -0.4 is 11.1 Å². The van der Waals surface area contributed by atoms with Crippen molar-refractivity contribution in [3.63, 3.8) is 0 Å². The van der Waals surface area contributed by atoms with Crippen molar-refractivity contribution in [3.05, 3.63) is 77.4 Å². The Morgan fingerprint density at radius 2 is 1.93 bits per heavy atom. The van der Waals surface area contributed by atoms with Gasteiger partial charge in [-0.3, -0.25) is 9.20 Å². The predicted octanol–water partition coefficient (Wildman–Crippen LogP) is 2.99. The number of nitrogens with two attached hydrogens (primary N) is 1. The molecule has 0 atom stereocenters. The number of hydrogen-bond donors (Lipinski definition) is 2. The molecule has 1 aliphatic rings. The topological polar surface area (TPSA) is 98.2 Å². The Hall–Kier alpha value is -3.74. The van der Waals surface area contributed by atoms with Gasteiger partial charge in [0.15, 0.2) is 5.82 Å². The second kappa shape index (κ2) is 7.01. The van der Waals surface area contributed by atoms with E-state index in [1.807, 2.05) is 24.3 Å². The van der Waals surface area contributed by atoms with Gasteiger partial charge in [0.05, 0.1) is 5.52 Å². The van der Waals surface area contributed by atoms with Crippen LogP contribution in [-0.2, 0) is 19.4 Å². The Bertz CT molecular complexity index is 1210. The summed E-state index contributed by atoms with van der Waals surface area (Å²) in [7, 11) is 0. The molecule has 0 radical (unpaired) electrons. The molecule has 29 heavy (non-hydrogen) atoms. The number of anilines is 1. The van der Waals surface area contributed by atoms with Gasteiger partial charge in [-0.2, -0.15) is 0 Å². The van der Waals surface area contributed by atoms with Gasteiger partial charge >= 0.3 is 0 Å². The number of hydrogen-bond acceptors (Lipinski definition) is 5. The fourth-order valence-electron chi connectivity index (χ4n) is 3.86. The fraction of sp³-hybridized carbons (Fsp3) is 0.182. The highest BCUT2D eigenvalue weighted by atomic mass is 16.1. The monoisotopic (exact) mass is 384 g/mol. The molecule has 7 heteroatoms. The van der Waals surface area contributed by atoms with E-state index < -0.39 is 5.91 Å². The van der Waals surface area contributed by atoms with E-state index in [9.17, 15) is 4.79 Å². The van der Waals surface area contributed by atoms with Crippen LogP contribution in [0.5, 0.6) is 0 Å². The summed E-state index contributed by atoms with van der Waals surface area (Å²) < 4.78 is 1.69. The molecule has 144 valence electrons. The molecule has 3 heterocycles. The summed E-state index contributed by atoms with van der Waals surface area (Å²) in [6.45, 7) is 0.694. The molecule has 3 N–H and O–H groups in total. The van der Waals surface area contributed by atoms with Gasteiger partial charge in [0.2, 0.25) is 0 Å². The van der Waals surface area contributed by atoms with E-state index in [2.05, 4.69) is 22.4 Å². The predicted molar refractivity (Wildman–Crippen MR) is 111 cm³/mol. The number of carbonyl (C=O) groups excluding carboxylic acids is 1. The zero-order chi connectivity index (χ0) is 19.8. The quantitative estimate of drug-likeness (QED) is 0.551. The van der Waals surface area contributed by atoms with Gasteiger partial charge < -0.3 is 11.1 Å². The minimum absolute atomic E-state index is 0.379. The standard InChI is InChI=1S/C22H20N6O/c23-20(29)18-11-5-10-17-19(25-13-28(17)18)22-26-16-9-4-8-15(16)21(27-22)24-12-14-6-2-1-3-7-14/h1-3,5-7,10-11,13H,4,8-9,12H2,(H2,23,29)(H,24,26,27). The molecule has 0 bridgehead atoms. The third kappa shape index (κ3) is 3.10. The van der Waals surface area contributed by atoms with Crippen LogP contribution in [0.1, 0.15) is 33.7 Å². The average molecular weight is 384 g/mol. The van der Waals surface area contributed by atoms with E-state index in [0.717, 1.165) is 36.3 Å². The van der Waals surface area contributed by atoms with Crippen molar-refractivity contribution in [1.29, 1.82) is 0 Å². The highest BCUT2D eigenvalue weighted by Crippen LogP contribution is 2.30. The number of imidazole rings is 1. The van der Waals surface area contributed by atoms with Gasteiger partial charge in [-0.15, -0.1) is 0 Å². The van der Waals surface area contributed by atoms with Crippen LogP contribution >= 0.6 is 0 Å². The molecule has 0 fully saturated rings. The molecule has 1 aromatic carbocycles. The lowest BCUT2D eigenvalue weighted by Gasteiger charge is -2.12. The lowest BCUT2D eigenvalue weighted by molar-refractivity contribution is 0.0994. The largest absolute Gasteiger partial charge is 0.366 e. The smallest absolute Gasteiger partial charge is 0.265 e. The van der Waals surface area contributed by atoms with Crippen molar-refractivity contribution in [1.82, 2.24) is 19.4 Å². The lowest BCUT2D eigenvalue weighted by atomic mass is 10.2. The number of benzene rings is 1. The molecular formula is C22H20N6O. The second-order valence-corrected chi connectivity index (χ2v) is 7.14. The summed E-state index contributed by atoms with van der Waals surface area (Å²) in [4.78, 5) is 25.8. The number of nitrogens with one attached hydrogen (secondary N) is 1. The van der Waals surface area contributed by atoms with Crippen molar-refractivity contribution < 1.29 is 4.79 Å². The first-order valence-electron chi connectivity index (χ1n) is 9.64. The van der Waals surface area contributed by atoms with Gasteiger partial charge in [-0.05, 0) is 37.0 Å². The Kier molecular flexibility index (Phi) is 4.20. The number of nitrogens with zero attached hydrogens (tertiary/aromatic N) is 4. The Balaban J connectivity index is 1.57. The summed E-state index contributed by atoms with van der Waals surface area (Å²) in [5, 5.41) is 3.48. The molecule has 0 aliphatic heterocycles. The van der Waals surface area contributed by atoms with E-state index in [4.69, 9.17) is 15.7 Å². The van der Waals surface area contributed by atoms with Crippen LogP contribution in [0.4, 0.5) is 5.82 Å². The molecular weight excluding hydrogens is 364 g/mol. The van der Waals surface area contributed by atoms with Gasteiger partial charge in [-0.25, -0.2) is 15.0 Å². The highest BCUT2D eigenvalue weighted by molar-refractivity contribution is 5.92. The molecule has 0 unspecified atom stereocenters. The zero-order valence-electron chi connectivity index (χ0n) is 15.8. The summed E-state index contributed by atoms with van der Waals surface area (Å²) in [6.07, 6.45) is 4.58. The molecule has 5 rings (SSSR count). The number of aromatic nitrogens is 4. The Labute approximate surface area is 167 Å². The number of carbonyl (C=O) groups is 1. The maximum Gasteiger partial charge on any atom is 0.265 e. The minimum Gasteiger partial charge on any atom is -0.366 e. The Morgan fingerprint density at radius 1 is 1.07 bits per heavy atom. The number of pyridine rings is 1. The molecule has 3 aromatic heterocycles. The SMILES string of the molecule is NC(=O)c1cccc2c(-c3nc4c(c(NCc5ccccc5)n3)CCC4)ncn12. The average Bonchev–Trinajstić information content (AvgIpc) is 3.39. The van der Waals surface area contributed by atoms with Gasteiger partial charge in [0.1, 0.15) is 23.5 Å². The van der Waals surface area contributed by atoms with Crippen molar-refractivity contribution in [2.45, 2.75) is 25.8 Å². The van der Waals surface area contributed by atoms with Crippen LogP contribution in [0.15, 0.2) is 54.9 Å². The van der Waals surface area contributed by atoms with Crippen LogP contribution in [-0.4, -0.2) is 25.3 Å². The first kappa shape index (κ1) is 17.4. The molecule has 0 saturated heterocycles. The zero-order valence-corrected chi connectivity index (χ0v) is 15.8. The maximum atomic E-state index is 11.7. The number of amides is 1. The molecule has 7 nitrogen and oxygen atoms in total. The van der Waals surface area contributed by atoms with E-state index >= 15 is 0 Å². The lowest BCUT2D eigenvalue weighted by Crippen LogP contribution is -2.14. The summed E-state index contributed by atoms with van der Waals surface area (Å²) in [5.41, 5.74) is 10.7. The second-order valence-electron chi connectivity index (χ2n) is 7.14. The number of rotatable bonds is 5. The van der Waals surface area contributed by atoms with Gasteiger partial charge in [0, 0.05) is 17.8 Å². The van der Waals surface area contributed by atoms with Gasteiger partial charge in [-0.1, -0.05) is 36.4 Å². The van der Waals surface area contributed by atoms with E-state index in [1.54, 1.807) is 22.9 Å². The maximum absolute atomic E-state index is 11.7. The molecule has 1 aliphatic carbocycles. The number of fused-ring (bicyclic) bond motifs is 2. The van der Waals surface area contributed by atoms with Crippen molar-refractivity contribution >= 4 is 17.2 Å². The van der Waals surface area contributed by atoms with Crippen LogP contribution in [0.25, 0.3) is 17.0 Å². The normalized spacial score (nSPS) is 12.8. The van der Waals surface area contributed by atoms with Crippen molar-refractivity contribution in [2.75, 3.05) is 5.32 Å². The van der Waals surface area contributed by atoms with Crippen molar-refractivity contribution in [3.8, 4) is 11.5 Å². The molecule has 1 amide bonds. The third-order valence-electron chi connectivity index (χ3n) is 5.27. The molecule has 0 spiro atoms. The first-order chi connectivity index (χ1) is 14.2. The van der Waals surface area contributed by atoms with Crippen LogP contribution in [0.3, 0.4) is 0 Å². The third-order valence-corrected chi connectivity index (χ3v) is 5.27. The molecule has 4 aromatic rings. The highest BCUT2D eigenvalue weighted by Gasteiger charge is 2.22. The van der Waals surface area contributed by atoms with Crippen molar-refractivity contribution in [2.24, 2.45) is 5.73 Å². The summed E-state index contributed by atoms with van der Waals surface area (Å²) >= 11 is 0. The van der Waals surface area contributed by atoms with Crippen LogP contribution in [0.2, 0.25) is 0 Å². The number of aryl methyl sites for hydroxylation is 1. The minimum atomic E-state index is -0.500. The summed E-state index contributed by atoms with van der Waals surface area (Å²) in [6, 6.07) is 15.6. The summed E-state index contributed by atoms with van der Waals surface area (Å²) in [5.74, 6) is 0.920.